The fourth-order valence-electron chi connectivity index (χ4n) is 3.76. The molecule has 3 nitrogen and oxygen atoms in total. The lowest BCUT2D eigenvalue weighted by atomic mass is 10.1. The van der Waals surface area contributed by atoms with Gasteiger partial charge in [-0.2, -0.15) is 0 Å². The third kappa shape index (κ3) is 2.71. The molecule has 2 aliphatic rings. The average Bonchev–Trinajstić information content (AvgIpc) is 3.20. The van der Waals surface area contributed by atoms with Crippen molar-refractivity contribution in [1.82, 2.24) is 9.88 Å². The van der Waals surface area contributed by atoms with Crippen molar-refractivity contribution in [2.24, 2.45) is 0 Å². The van der Waals surface area contributed by atoms with Gasteiger partial charge in [-0.15, -0.1) is 0 Å². The van der Waals surface area contributed by atoms with Gasteiger partial charge in [-0.25, -0.2) is 4.39 Å². The van der Waals surface area contributed by atoms with Crippen molar-refractivity contribution in [2.75, 3.05) is 0 Å². The van der Waals surface area contributed by atoms with Gasteiger partial charge < -0.3 is 4.90 Å². The molecule has 120 valence electrons. The van der Waals surface area contributed by atoms with Crippen LogP contribution in [-0.2, 0) is 0 Å². The van der Waals surface area contributed by atoms with Gasteiger partial charge in [0.25, 0.3) is 5.91 Å². The molecule has 0 saturated heterocycles. The third-order valence-electron chi connectivity index (χ3n) is 5.09. The topological polar surface area (TPSA) is 33.2 Å². The van der Waals surface area contributed by atoms with E-state index < -0.39 is 0 Å². The minimum Gasteiger partial charge on any atom is -0.333 e. The van der Waals surface area contributed by atoms with Gasteiger partial charge in [-0.3, -0.25) is 9.78 Å². The first-order chi connectivity index (χ1) is 11.1. The summed E-state index contributed by atoms with van der Waals surface area (Å²) >= 11 is 0. The van der Waals surface area contributed by atoms with Gasteiger partial charge in [0.1, 0.15) is 5.82 Å². The Morgan fingerprint density at radius 3 is 2.52 bits per heavy atom. The van der Waals surface area contributed by atoms with Gasteiger partial charge in [-0.05, 0) is 50.8 Å². The molecule has 1 amide bonds. The summed E-state index contributed by atoms with van der Waals surface area (Å²) in [5.41, 5.74) is 1.97. The van der Waals surface area contributed by atoms with Gasteiger partial charge in [0, 0.05) is 23.5 Å². The molecule has 0 N–H and O–H groups in total. The van der Waals surface area contributed by atoms with Crippen LogP contribution in [0.2, 0.25) is 0 Å². The summed E-state index contributed by atoms with van der Waals surface area (Å²) in [6, 6.07) is 7.22. The van der Waals surface area contributed by atoms with Crippen molar-refractivity contribution in [3.05, 3.63) is 41.3 Å². The van der Waals surface area contributed by atoms with Gasteiger partial charge in [0.05, 0.1) is 16.8 Å². The molecule has 23 heavy (non-hydrogen) atoms. The van der Waals surface area contributed by atoms with E-state index in [1.165, 1.54) is 25.0 Å². The highest BCUT2D eigenvalue weighted by Gasteiger charge is 2.39. The van der Waals surface area contributed by atoms with Crippen LogP contribution in [0.15, 0.2) is 24.3 Å². The normalized spacial score (nSPS) is 18.5. The summed E-state index contributed by atoms with van der Waals surface area (Å²) in [5, 5.41) is 0.822. The quantitative estimate of drug-likeness (QED) is 0.850. The van der Waals surface area contributed by atoms with Crippen LogP contribution in [0.5, 0.6) is 0 Å². The molecular formula is C19H21FN2O. The Labute approximate surface area is 135 Å². The van der Waals surface area contributed by atoms with E-state index >= 15 is 0 Å². The van der Waals surface area contributed by atoms with E-state index in [2.05, 4.69) is 9.88 Å². The number of aryl methyl sites for hydroxylation is 1. The van der Waals surface area contributed by atoms with Crippen LogP contribution in [0, 0.1) is 12.7 Å². The second-order valence-electron chi connectivity index (χ2n) is 6.84. The Morgan fingerprint density at radius 1 is 1.13 bits per heavy atom. The number of pyridine rings is 1. The molecule has 0 atom stereocenters. The number of benzene rings is 1. The standard InChI is InChI=1S/C19H21FN2O/c1-12-17(10-13-6-7-14(20)11-18(13)21-12)19(23)22(16-8-9-16)15-4-2-3-5-15/h6-7,10-11,15-16H,2-5,8-9H2,1H3. The lowest BCUT2D eigenvalue weighted by molar-refractivity contribution is 0.0663. The van der Waals surface area contributed by atoms with E-state index in [0.717, 1.165) is 31.1 Å². The van der Waals surface area contributed by atoms with Crippen LogP contribution in [0.25, 0.3) is 10.9 Å². The zero-order valence-corrected chi connectivity index (χ0v) is 13.4. The van der Waals surface area contributed by atoms with Gasteiger partial charge in [-0.1, -0.05) is 12.8 Å². The third-order valence-corrected chi connectivity index (χ3v) is 5.09. The van der Waals surface area contributed by atoms with Crippen LogP contribution in [0.1, 0.15) is 54.6 Å². The molecule has 4 heteroatoms. The van der Waals surface area contributed by atoms with Crippen molar-refractivity contribution in [3.63, 3.8) is 0 Å². The van der Waals surface area contributed by atoms with Gasteiger partial charge in [0.2, 0.25) is 0 Å². The summed E-state index contributed by atoms with van der Waals surface area (Å²) in [7, 11) is 0. The number of hydrogen-bond acceptors (Lipinski definition) is 2. The van der Waals surface area contributed by atoms with Crippen LogP contribution >= 0.6 is 0 Å². The van der Waals surface area contributed by atoms with E-state index in [4.69, 9.17) is 0 Å². The number of carbonyl (C=O) groups is 1. The summed E-state index contributed by atoms with van der Waals surface area (Å²) in [4.78, 5) is 19.7. The minimum absolute atomic E-state index is 0.107. The first-order valence-corrected chi connectivity index (χ1v) is 8.53. The number of aromatic nitrogens is 1. The Bertz CT molecular complexity index is 763. The number of carbonyl (C=O) groups excluding carboxylic acids is 1. The molecule has 0 radical (unpaired) electrons. The highest BCUT2D eigenvalue weighted by atomic mass is 19.1. The summed E-state index contributed by atoms with van der Waals surface area (Å²) in [6.07, 6.45) is 6.91. The molecule has 0 bridgehead atoms. The molecule has 2 aliphatic carbocycles. The molecule has 0 unspecified atom stereocenters. The van der Waals surface area contributed by atoms with E-state index in [9.17, 15) is 9.18 Å². The molecule has 2 aromatic rings. The van der Waals surface area contributed by atoms with Gasteiger partial charge >= 0.3 is 0 Å². The molecule has 0 spiro atoms. The van der Waals surface area contributed by atoms with Crippen molar-refractivity contribution in [1.29, 1.82) is 0 Å². The number of hydrogen-bond donors (Lipinski definition) is 0. The zero-order chi connectivity index (χ0) is 16.0. The highest BCUT2D eigenvalue weighted by Crippen LogP contribution is 2.36. The molecular weight excluding hydrogens is 291 g/mol. The van der Waals surface area contributed by atoms with Crippen LogP contribution in [0.3, 0.4) is 0 Å². The Kier molecular flexibility index (Phi) is 3.55. The smallest absolute Gasteiger partial charge is 0.256 e. The minimum atomic E-state index is -0.297. The number of halogens is 1. The van der Waals surface area contributed by atoms with E-state index in [1.807, 2.05) is 13.0 Å². The van der Waals surface area contributed by atoms with Crippen LogP contribution in [0.4, 0.5) is 4.39 Å². The van der Waals surface area contributed by atoms with E-state index in [-0.39, 0.29) is 11.7 Å². The number of nitrogens with zero attached hydrogens (tertiary/aromatic N) is 2. The molecule has 2 saturated carbocycles. The number of rotatable bonds is 3. The molecule has 1 aromatic heterocycles. The van der Waals surface area contributed by atoms with Crippen molar-refractivity contribution < 1.29 is 9.18 Å². The van der Waals surface area contributed by atoms with Crippen molar-refractivity contribution in [3.8, 4) is 0 Å². The van der Waals surface area contributed by atoms with E-state index in [1.54, 1.807) is 6.07 Å². The van der Waals surface area contributed by atoms with Crippen molar-refractivity contribution in [2.45, 2.75) is 57.5 Å². The fraction of sp³-hybridized carbons (Fsp3) is 0.474. The maximum Gasteiger partial charge on any atom is 0.256 e. The second kappa shape index (κ2) is 5.59. The first-order valence-electron chi connectivity index (χ1n) is 8.53. The summed E-state index contributed by atoms with van der Waals surface area (Å²) < 4.78 is 13.4. The van der Waals surface area contributed by atoms with E-state index in [0.29, 0.717) is 28.9 Å². The maximum atomic E-state index is 13.4. The highest BCUT2D eigenvalue weighted by molar-refractivity contribution is 5.99. The molecule has 1 heterocycles. The fourth-order valence-corrected chi connectivity index (χ4v) is 3.76. The second-order valence-corrected chi connectivity index (χ2v) is 6.84. The zero-order valence-electron chi connectivity index (χ0n) is 13.4. The molecule has 4 rings (SSSR count). The van der Waals surface area contributed by atoms with Gasteiger partial charge in [0.15, 0.2) is 0 Å². The Morgan fingerprint density at radius 2 is 1.83 bits per heavy atom. The average molecular weight is 312 g/mol. The van der Waals surface area contributed by atoms with Crippen LogP contribution in [-0.4, -0.2) is 27.9 Å². The SMILES string of the molecule is Cc1nc2cc(F)ccc2cc1C(=O)N(C1CCCC1)C1CC1. The maximum absolute atomic E-state index is 13.4. The summed E-state index contributed by atoms with van der Waals surface area (Å²) in [6.45, 7) is 1.84. The predicted molar refractivity (Wildman–Crippen MR) is 87.9 cm³/mol. The van der Waals surface area contributed by atoms with Crippen molar-refractivity contribution >= 4 is 16.8 Å². The number of amides is 1. The molecule has 0 aliphatic heterocycles. The lowest BCUT2D eigenvalue weighted by Gasteiger charge is -2.29. The largest absolute Gasteiger partial charge is 0.333 e. The predicted octanol–water partition coefficient (Wildman–Crippen LogP) is 4.23. The summed E-state index contributed by atoms with van der Waals surface area (Å²) in [5.74, 6) is -0.190. The monoisotopic (exact) mass is 312 g/mol. The lowest BCUT2D eigenvalue weighted by Crippen LogP contribution is -2.41. The Balaban J connectivity index is 1.73. The molecule has 2 fully saturated rings. The number of fused-ring (bicyclic) bond motifs is 1. The Hall–Kier alpha value is -1.97. The molecule has 1 aromatic carbocycles. The van der Waals surface area contributed by atoms with Crippen LogP contribution < -0.4 is 0 Å². The first kappa shape index (κ1) is 14.6.